The van der Waals surface area contributed by atoms with E-state index < -0.39 is 39.4 Å². The molecule has 0 aliphatic carbocycles. The minimum atomic E-state index is -5.83. The van der Waals surface area contributed by atoms with Crippen LogP contribution in [-0.4, -0.2) is 54.0 Å². The summed E-state index contributed by atoms with van der Waals surface area (Å²) in [7, 11) is -5.83. The molecule has 0 radical (unpaired) electrons. The summed E-state index contributed by atoms with van der Waals surface area (Å²) in [4.78, 5) is 33.0. The molecule has 1 aliphatic heterocycles. The second-order valence-corrected chi connectivity index (χ2v) is 11.9. The Balaban J connectivity index is 0.000000252. The van der Waals surface area contributed by atoms with Crippen LogP contribution in [-0.2, 0) is 14.9 Å². The zero-order chi connectivity index (χ0) is 33.3. The van der Waals surface area contributed by atoms with Crippen LogP contribution in [0, 0.1) is 5.92 Å². The quantitative estimate of drug-likeness (QED) is 0.131. The van der Waals surface area contributed by atoms with Gasteiger partial charge >= 0.3 is 27.6 Å². The number of piperidine rings is 1. The molecule has 10 nitrogen and oxygen atoms in total. The summed E-state index contributed by atoms with van der Waals surface area (Å²) >= 11 is 0. The van der Waals surface area contributed by atoms with E-state index in [2.05, 4.69) is 26.0 Å². The monoisotopic (exact) mass is 657 g/mol. The molecule has 1 saturated heterocycles. The van der Waals surface area contributed by atoms with E-state index in [1.807, 2.05) is 18.2 Å². The van der Waals surface area contributed by atoms with Gasteiger partial charge in [0.05, 0.1) is 18.1 Å². The number of carboxylic acids is 1. The minimum absolute atomic E-state index is 0.106. The maximum absolute atomic E-state index is 12.5. The summed E-state index contributed by atoms with van der Waals surface area (Å²) in [5, 5.41) is 8.74. The highest BCUT2D eigenvalue weighted by atomic mass is 32.2. The third-order valence-corrected chi connectivity index (χ3v) is 7.96. The third-order valence-electron chi connectivity index (χ3n) is 6.98. The number of rotatable bonds is 8. The van der Waals surface area contributed by atoms with Gasteiger partial charge in [0.2, 0.25) is 0 Å². The van der Waals surface area contributed by atoms with Crippen LogP contribution in [0.3, 0.4) is 0 Å². The van der Waals surface area contributed by atoms with Crippen LogP contribution in [0.25, 0.3) is 0 Å². The number of carbonyl (C=O) groups is 2. The lowest BCUT2D eigenvalue weighted by Crippen LogP contribution is -2.32. The molecule has 0 saturated carbocycles. The molecule has 0 atom stereocenters. The number of hydrogen-bond donors (Lipinski definition) is 1. The molecule has 0 spiro atoms. The molecular formula is C32H30F3N3O7S. The molecule has 1 N–H and O–H groups in total. The van der Waals surface area contributed by atoms with E-state index in [4.69, 9.17) is 9.84 Å². The summed E-state index contributed by atoms with van der Waals surface area (Å²) in [5.74, 6) is -1.72. The van der Waals surface area contributed by atoms with Gasteiger partial charge in [0.15, 0.2) is 11.9 Å². The summed E-state index contributed by atoms with van der Waals surface area (Å²) in [5.41, 5.74) is -3.28. The van der Waals surface area contributed by atoms with E-state index >= 15 is 0 Å². The average Bonchev–Trinajstić information content (AvgIpc) is 3.05. The molecule has 46 heavy (non-hydrogen) atoms. The first-order chi connectivity index (χ1) is 21.8. The van der Waals surface area contributed by atoms with E-state index in [1.54, 1.807) is 60.8 Å². The van der Waals surface area contributed by atoms with E-state index in [1.165, 1.54) is 12.8 Å². The predicted octanol–water partition coefficient (Wildman–Crippen LogP) is 6.27. The number of anilines is 1. The number of carboxylic acid groups (broad SMARTS) is 1. The van der Waals surface area contributed by atoms with Crippen molar-refractivity contribution in [1.82, 2.24) is 9.97 Å². The number of benzene rings is 2. The smallest absolute Gasteiger partial charge is 0.477 e. The Kier molecular flexibility index (Phi) is 11.0. The Morgan fingerprint density at radius 1 is 0.848 bits per heavy atom. The molecule has 5 rings (SSSR count). The Morgan fingerprint density at radius 3 is 1.85 bits per heavy atom. The number of esters is 1. The predicted molar refractivity (Wildman–Crippen MR) is 162 cm³/mol. The molecular weight excluding hydrogens is 627 g/mol. The van der Waals surface area contributed by atoms with Crippen LogP contribution in [0.15, 0.2) is 97.3 Å². The van der Waals surface area contributed by atoms with Gasteiger partial charge < -0.3 is 18.9 Å². The van der Waals surface area contributed by atoms with Gasteiger partial charge in [-0.1, -0.05) is 67.6 Å². The number of hydrogen-bond acceptors (Lipinski definition) is 9. The van der Waals surface area contributed by atoms with Crippen molar-refractivity contribution < 1.29 is 45.2 Å². The molecule has 2 aromatic carbocycles. The fourth-order valence-corrected chi connectivity index (χ4v) is 4.89. The van der Waals surface area contributed by atoms with Gasteiger partial charge in [-0.05, 0) is 54.2 Å². The number of aromatic carboxylic acids is 1. The lowest BCUT2D eigenvalue weighted by molar-refractivity contribution is -0.0500. The number of ether oxygens (including phenoxy) is 1. The van der Waals surface area contributed by atoms with Gasteiger partial charge in [0, 0.05) is 13.1 Å². The zero-order valence-electron chi connectivity index (χ0n) is 24.5. The highest BCUT2D eigenvalue weighted by Crippen LogP contribution is 2.29. The number of aromatic nitrogens is 2. The first-order valence-electron chi connectivity index (χ1n) is 14.1. The normalized spacial score (nSPS) is 13.8. The maximum atomic E-state index is 12.5. The van der Waals surface area contributed by atoms with Crippen molar-refractivity contribution in [3.05, 3.63) is 120 Å². The second kappa shape index (κ2) is 14.9. The molecule has 0 bridgehead atoms. The van der Waals surface area contributed by atoms with Crippen LogP contribution < -0.4 is 9.08 Å². The van der Waals surface area contributed by atoms with Gasteiger partial charge in [0.25, 0.3) is 0 Å². The first kappa shape index (κ1) is 33.9. The first-order valence-corrected chi connectivity index (χ1v) is 15.5. The lowest BCUT2D eigenvalue weighted by atomic mass is 9.99. The van der Waals surface area contributed by atoms with Crippen molar-refractivity contribution in [3.63, 3.8) is 0 Å². The highest BCUT2D eigenvalue weighted by Gasteiger charge is 2.48. The van der Waals surface area contributed by atoms with E-state index in [0.29, 0.717) is 17.3 Å². The van der Waals surface area contributed by atoms with Gasteiger partial charge in [-0.2, -0.15) is 21.6 Å². The van der Waals surface area contributed by atoms with Crippen molar-refractivity contribution in [2.45, 2.75) is 31.4 Å². The number of alkyl halides is 3. The van der Waals surface area contributed by atoms with Crippen molar-refractivity contribution in [3.8, 4) is 5.75 Å². The van der Waals surface area contributed by atoms with Crippen LogP contribution in [0.5, 0.6) is 5.75 Å². The molecule has 0 amide bonds. The van der Waals surface area contributed by atoms with Gasteiger partial charge in [-0.15, -0.1) is 0 Å². The van der Waals surface area contributed by atoms with Crippen LogP contribution >= 0.6 is 0 Å². The number of nitrogens with zero attached hydrogens (tertiary/aromatic N) is 3. The number of pyridine rings is 2. The largest absolute Gasteiger partial charge is 0.534 e. The van der Waals surface area contributed by atoms with Crippen molar-refractivity contribution in [2.75, 3.05) is 18.0 Å². The zero-order valence-corrected chi connectivity index (χ0v) is 25.3. The van der Waals surface area contributed by atoms with Gasteiger partial charge in [-0.25, -0.2) is 19.6 Å². The molecule has 1 fully saturated rings. The number of carbonyl (C=O) groups excluding carboxylic acids is 1. The molecule has 2 aromatic heterocycles. The molecule has 4 aromatic rings. The molecule has 242 valence electrons. The second-order valence-electron chi connectivity index (χ2n) is 10.3. The fourth-order valence-electron chi connectivity index (χ4n) is 4.44. The van der Waals surface area contributed by atoms with Crippen LogP contribution in [0.2, 0.25) is 0 Å². The highest BCUT2D eigenvalue weighted by molar-refractivity contribution is 7.88. The Bertz CT molecular complexity index is 1660. The summed E-state index contributed by atoms with van der Waals surface area (Å²) in [6.45, 7) is 4.34. The minimum Gasteiger partial charge on any atom is -0.477 e. The van der Waals surface area contributed by atoms with Gasteiger partial charge in [-0.3, -0.25) is 0 Å². The number of halogens is 3. The van der Waals surface area contributed by atoms with E-state index in [-0.39, 0.29) is 11.4 Å². The van der Waals surface area contributed by atoms with E-state index in [9.17, 15) is 31.2 Å². The Hall–Kier alpha value is -4.98. The Morgan fingerprint density at radius 2 is 1.39 bits per heavy atom. The van der Waals surface area contributed by atoms with Crippen molar-refractivity contribution >= 4 is 27.7 Å². The van der Waals surface area contributed by atoms with Crippen molar-refractivity contribution in [1.29, 1.82) is 0 Å². The molecule has 1 aliphatic rings. The fraction of sp³-hybridized carbons (Fsp3) is 0.250. The summed E-state index contributed by atoms with van der Waals surface area (Å²) < 4.78 is 68.7. The average molecular weight is 658 g/mol. The van der Waals surface area contributed by atoms with Crippen LogP contribution in [0.1, 0.15) is 58.0 Å². The molecule has 14 heteroatoms. The van der Waals surface area contributed by atoms with E-state index in [0.717, 1.165) is 36.8 Å². The van der Waals surface area contributed by atoms with Crippen molar-refractivity contribution in [2.24, 2.45) is 5.92 Å². The van der Waals surface area contributed by atoms with Gasteiger partial charge in [0.1, 0.15) is 11.4 Å². The topological polar surface area (TPSA) is 136 Å². The standard InChI is InChI=1S/C20H14F3NO5S.C12H16N2O2/c21-20(22,23)30(26,27)29-16-11-12-17(24-13-16)19(25)28-18(14-7-3-1-4-8-14)15-9-5-2-6-10-15;1-9-4-6-14(7-5-9)10-2-3-11(12(15)16)13-8-10/h1-13,18H;2-3,8-9H,4-7H2,1H3,(H,15,16). The van der Waals surface area contributed by atoms with Crippen LogP contribution in [0.4, 0.5) is 18.9 Å². The lowest BCUT2D eigenvalue weighted by Gasteiger charge is -2.31. The molecule has 3 heterocycles. The SMILES string of the molecule is CC1CCN(c2ccc(C(=O)O)nc2)CC1.O=C(OC(c1ccccc1)c1ccccc1)c1ccc(OS(=O)(=O)C(F)(F)F)cn1. The Labute approximate surface area is 263 Å². The summed E-state index contributed by atoms with van der Waals surface area (Å²) in [6, 6.07) is 23.1. The molecule has 0 unspecified atom stereocenters. The third kappa shape index (κ3) is 9.03. The summed E-state index contributed by atoms with van der Waals surface area (Å²) in [6.07, 6.45) is 3.99. The maximum Gasteiger partial charge on any atom is 0.534 e.